The first-order chi connectivity index (χ1) is 37.5. The number of carbonyl (C=O) groups is 9. The number of nitrogens with one attached hydrogen (secondary N) is 6. The zero-order valence-electron chi connectivity index (χ0n) is 44.3. The highest BCUT2D eigenvalue weighted by atomic mass is 19.1. The van der Waals surface area contributed by atoms with E-state index in [1.807, 2.05) is 20.8 Å². The van der Waals surface area contributed by atoms with Gasteiger partial charge in [0.2, 0.25) is 47.3 Å². The highest BCUT2D eigenvalue weighted by Crippen LogP contribution is 2.46. The van der Waals surface area contributed by atoms with E-state index in [0.717, 1.165) is 5.56 Å². The SMILES string of the molecule is CCC1C(=O)OCc2c1cc1n(c2=O)Cc2c-1nc1cc(F)c(C)c3c1c2C(NC(=O)COCNC(=O)CNC(=O)C(Cc1ccccc1)NC(=O)CNC(=O)CNC(=O)CCCCCN1C(=O)CC(CC)(CC)C1=O)CC3. The normalized spacial score (nSPS) is 17.1. The van der Waals surface area contributed by atoms with Gasteiger partial charge in [-0.15, -0.1) is 0 Å². The summed E-state index contributed by atoms with van der Waals surface area (Å²) < 4.78 is 27.8. The predicted molar refractivity (Wildman–Crippen MR) is 280 cm³/mol. The van der Waals surface area contributed by atoms with E-state index in [0.29, 0.717) is 114 Å². The summed E-state index contributed by atoms with van der Waals surface area (Å²) in [6.45, 7) is 5.39. The van der Waals surface area contributed by atoms with Crippen molar-refractivity contribution in [3.63, 3.8) is 0 Å². The molecule has 6 N–H and O–H groups in total. The fourth-order valence-corrected chi connectivity index (χ4v) is 11.0. The number of unbranched alkanes of at least 4 members (excludes halogenated alkanes) is 2. The number of aryl methyl sites for hydroxylation is 1. The van der Waals surface area contributed by atoms with E-state index in [2.05, 4.69) is 31.9 Å². The molecule has 3 aliphatic heterocycles. The minimum Gasteiger partial charge on any atom is -0.460 e. The molecule has 0 radical (unpaired) electrons. The number of nitrogens with zero attached hydrogens (tertiary/aromatic N) is 3. The molecule has 4 aromatic rings. The fraction of sp³-hybridized carbons (Fsp3) is 0.482. The van der Waals surface area contributed by atoms with Gasteiger partial charge in [-0.1, -0.05) is 57.5 Å². The molecule has 5 heterocycles. The molecule has 8 rings (SSSR count). The molecule has 0 spiro atoms. The lowest BCUT2D eigenvalue weighted by molar-refractivity contribution is -0.148. The standard InChI is InChI=1S/C56H66FN9O12/c1-5-33-35-21-42-51-36(27-66(42)53(74)37(35)28-78-54(33)75)50-39(18-17-34-31(4)38(57)22-40(64-51)49(34)50)62-47(71)29-77-30-61-45(69)25-60-52(73)41(20-32-14-10-8-11-15-32)63-46(70)26-59-44(68)24-58-43(67)16-12-9-13-19-65-48(72)23-56(6-2,7-3)55(65)76/h8,10-11,14-15,21-22,33,39,41H,5-7,9,12-13,16-20,23-30H2,1-4H3,(H,58,67)(H,59,68)(H,60,73)(H,61,69)(H,62,71)(H,63,70). The number of fused-ring (bicyclic) bond motifs is 5. The van der Waals surface area contributed by atoms with E-state index < -0.39 is 97.7 Å². The number of carbonyl (C=O) groups excluding carboxylic acids is 9. The second-order valence-corrected chi connectivity index (χ2v) is 20.3. The largest absolute Gasteiger partial charge is 0.460 e. The summed E-state index contributed by atoms with van der Waals surface area (Å²) in [7, 11) is 0. The average molecular weight is 1080 g/mol. The van der Waals surface area contributed by atoms with E-state index in [1.54, 1.807) is 47.9 Å². The van der Waals surface area contributed by atoms with Crippen molar-refractivity contribution in [3.8, 4) is 11.4 Å². The summed E-state index contributed by atoms with van der Waals surface area (Å²) in [5.74, 6) is -5.34. The van der Waals surface area contributed by atoms with Crippen LogP contribution in [0, 0.1) is 18.2 Å². The first-order valence-electron chi connectivity index (χ1n) is 26.7. The molecule has 414 valence electrons. The highest BCUT2D eigenvalue weighted by molar-refractivity contribution is 6.06. The maximum atomic E-state index is 15.4. The van der Waals surface area contributed by atoms with Crippen molar-refractivity contribution < 1.29 is 57.0 Å². The number of ether oxygens (including phenoxy) is 2. The highest BCUT2D eigenvalue weighted by Gasteiger charge is 2.48. The topological polar surface area (TPSA) is 282 Å². The van der Waals surface area contributed by atoms with Crippen molar-refractivity contribution in [2.75, 3.05) is 39.5 Å². The molecule has 1 aliphatic carbocycles. The Hall–Kier alpha value is -7.88. The number of rotatable bonds is 24. The number of esters is 1. The molecule has 78 heavy (non-hydrogen) atoms. The van der Waals surface area contributed by atoms with Gasteiger partial charge in [-0.25, -0.2) is 9.37 Å². The van der Waals surface area contributed by atoms with E-state index in [4.69, 9.17) is 14.5 Å². The van der Waals surface area contributed by atoms with Gasteiger partial charge < -0.3 is 45.9 Å². The summed E-state index contributed by atoms with van der Waals surface area (Å²) in [4.78, 5) is 136. The van der Waals surface area contributed by atoms with Crippen molar-refractivity contribution in [1.29, 1.82) is 0 Å². The van der Waals surface area contributed by atoms with Crippen molar-refractivity contribution in [2.45, 2.75) is 129 Å². The zero-order chi connectivity index (χ0) is 55.8. The number of hydrogen-bond acceptors (Lipinski definition) is 13. The Kier molecular flexibility index (Phi) is 17.8. The van der Waals surface area contributed by atoms with Crippen molar-refractivity contribution >= 4 is 64.1 Å². The lowest BCUT2D eigenvalue weighted by Gasteiger charge is -2.29. The predicted octanol–water partition coefficient (Wildman–Crippen LogP) is 2.82. The summed E-state index contributed by atoms with van der Waals surface area (Å²) in [5, 5.41) is 16.2. The van der Waals surface area contributed by atoms with Gasteiger partial charge in [0.25, 0.3) is 5.56 Å². The van der Waals surface area contributed by atoms with E-state index in [1.165, 1.54) is 11.0 Å². The van der Waals surface area contributed by atoms with Gasteiger partial charge in [-0.2, -0.15) is 0 Å². The number of likely N-dealkylation sites (tertiary alicyclic amines) is 1. The summed E-state index contributed by atoms with van der Waals surface area (Å²) in [6.07, 6.45) is 4.50. The Morgan fingerprint density at radius 2 is 1.56 bits per heavy atom. The van der Waals surface area contributed by atoms with E-state index in [-0.39, 0.29) is 55.7 Å². The molecule has 2 aromatic heterocycles. The van der Waals surface area contributed by atoms with Crippen LogP contribution in [0.25, 0.3) is 22.3 Å². The van der Waals surface area contributed by atoms with Crippen LogP contribution in [0.5, 0.6) is 0 Å². The molecule has 4 aliphatic rings. The molecular formula is C56H66FN9O12. The number of pyridine rings is 2. The van der Waals surface area contributed by atoms with E-state index >= 15 is 4.39 Å². The molecule has 0 bridgehead atoms. The monoisotopic (exact) mass is 1080 g/mol. The number of hydrogen-bond donors (Lipinski definition) is 6. The van der Waals surface area contributed by atoms with Crippen molar-refractivity contribution in [1.82, 2.24) is 46.4 Å². The smallest absolute Gasteiger partial charge is 0.313 e. The second kappa shape index (κ2) is 24.6. The third-order valence-corrected chi connectivity index (χ3v) is 15.5. The van der Waals surface area contributed by atoms with Crippen LogP contribution in [-0.4, -0.2) is 113 Å². The van der Waals surface area contributed by atoms with Crippen LogP contribution < -0.4 is 37.5 Å². The average Bonchev–Trinajstić information content (AvgIpc) is 4.15. The molecule has 1 fully saturated rings. The Morgan fingerprint density at radius 3 is 2.29 bits per heavy atom. The van der Waals surface area contributed by atoms with E-state index in [9.17, 15) is 47.9 Å². The van der Waals surface area contributed by atoms with Gasteiger partial charge in [0, 0.05) is 42.8 Å². The Balaban J connectivity index is 0.781. The number of benzene rings is 2. The Bertz CT molecular complexity index is 3120. The second-order valence-electron chi connectivity index (χ2n) is 20.3. The van der Waals surface area contributed by atoms with Gasteiger partial charge >= 0.3 is 5.97 Å². The summed E-state index contributed by atoms with van der Waals surface area (Å²) in [5.41, 5.74) is 4.76. The van der Waals surface area contributed by atoms with Crippen LogP contribution in [-0.2, 0) is 78.6 Å². The molecular weight excluding hydrogens is 1010 g/mol. The fourth-order valence-electron chi connectivity index (χ4n) is 11.0. The van der Waals surface area contributed by atoms with Crippen LogP contribution in [0.15, 0.2) is 47.3 Å². The van der Waals surface area contributed by atoms with Gasteiger partial charge in [0.1, 0.15) is 31.8 Å². The third-order valence-electron chi connectivity index (χ3n) is 15.5. The molecule has 0 saturated carbocycles. The molecule has 3 unspecified atom stereocenters. The quantitative estimate of drug-likeness (QED) is 0.0225. The zero-order valence-corrected chi connectivity index (χ0v) is 44.3. The number of cyclic esters (lactones) is 1. The lowest BCUT2D eigenvalue weighted by Crippen LogP contribution is -2.52. The van der Waals surface area contributed by atoms with Crippen molar-refractivity contribution in [3.05, 3.63) is 97.6 Å². The number of halogens is 1. The molecule has 2 aromatic carbocycles. The first kappa shape index (κ1) is 56.3. The maximum Gasteiger partial charge on any atom is 0.313 e. The molecule has 3 atom stereocenters. The lowest BCUT2D eigenvalue weighted by atomic mass is 9.81. The number of amides is 8. The summed E-state index contributed by atoms with van der Waals surface area (Å²) in [6, 6.07) is 10.2. The molecule has 1 saturated heterocycles. The van der Waals surface area contributed by atoms with Crippen LogP contribution in [0.1, 0.15) is 129 Å². The minimum absolute atomic E-state index is 0.0480. The molecule has 22 heteroatoms. The van der Waals surface area contributed by atoms with Crippen LogP contribution in [0.4, 0.5) is 4.39 Å². The van der Waals surface area contributed by atoms with Gasteiger partial charge in [0.05, 0.1) is 66.0 Å². The third kappa shape index (κ3) is 12.1. The minimum atomic E-state index is -1.15. The van der Waals surface area contributed by atoms with Crippen molar-refractivity contribution in [2.24, 2.45) is 5.41 Å². The van der Waals surface area contributed by atoms with Gasteiger partial charge in [0.15, 0.2) is 0 Å². The molecule has 21 nitrogen and oxygen atoms in total. The maximum absolute atomic E-state index is 15.4. The number of imide groups is 1. The molecule has 8 amide bonds. The first-order valence-corrected chi connectivity index (χ1v) is 26.7. The van der Waals surface area contributed by atoms with Gasteiger partial charge in [-0.05, 0) is 85.8 Å². The number of aromatic nitrogens is 2. The Labute approximate surface area is 449 Å². The van der Waals surface area contributed by atoms with Gasteiger partial charge in [-0.3, -0.25) is 52.8 Å². The van der Waals surface area contributed by atoms with Crippen LogP contribution in [0.3, 0.4) is 0 Å². The summed E-state index contributed by atoms with van der Waals surface area (Å²) >= 11 is 0. The Morgan fingerprint density at radius 1 is 0.846 bits per heavy atom. The van der Waals surface area contributed by atoms with Crippen LogP contribution in [0.2, 0.25) is 0 Å². The van der Waals surface area contributed by atoms with Crippen LogP contribution >= 0.6 is 0 Å².